The first-order valence-electron chi connectivity index (χ1n) is 6.25. The van der Waals surface area contributed by atoms with Gasteiger partial charge in [0.05, 0.1) is 0 Å². The second-order valence-electron chi connectivity index (χ2n) is 5.07. The van der Waals surface area contributed by atoms with Gasteiger partial charge in [-0.05, 0) is 43.7 Å². The van der Waals surface area contributed by atoms with Gasteiger partial charge in [-0.25, -0.2) is 0 Å². The Morgan fingerprint density at radius 1 is 1.22 bits per heavy atom. The van der Waals surface area contributed by atoms with Crippen molar-refractivity contribution < 1.29 is 0 Å². The van der Waals surface area contributed by atoms with Crippen LogP contribution in [0, 0.1) is 5.92 Å². The molecule has 0 fully saturated rings. The van der Waals surface area contributed by atoms with Crippen LogP contribution in [0.5, 0.6) is 0 Å². The van der Waals surface area contributed by atoms with E-state index in [0.29, 0.717) is 23.5 Å². The second kappa shape index (κ2) is 6.76. The van der Waals surface area contributed by atoms with Crippen molar-refractivity contribution in [2.45, 2.75) is 32.9 Å². The lowest BCUT2D eigenvalue weighted by molar-refractivity contribution is 0.152. The van der Waals surface area contributed by atoms with E-state index in [1.807, 2.05) is 12.1 Å². The summed E-state index contributed by atoms with van der Waals surface area (Å²) in [5.74, 6) is 0.557. The summed E-state index contributed by atoms with van der Waals surface area (Å²) >= 11 is 12.3. The van der Waals surface area contributed by atoms with Crippen LogP contribution in [0.3, 0.4) is 0 Å². The first-order valence-corrected chi connectivity index (χ1v) is 7.01. The minimum atomic E-state index is 0.0913. The summed E-state index contributed by atoms with van der Waals surface area (Å²) in [6.07, 6.45) is 0. The van der Waals surface area contributed by atoms with Crippen LogP contribution in [0.25, 0.3) is 0 Å². The van der Waals surface area contributed by atoms with Crippen LogP contribution in [-0.2, 0) is 0 Å². The molecule has 1 rings (SSSR count). The molecule has 1 aromatic rings. The van der Waals surface area contributed by atoms with E-state index >= 15 is 0 Å². The predicted octanol–water partition coefficient (Wildman–Crippen LogP) is 3.97. The number of likely N-dealkylation sites (N-methyl/N-ethyl adjacent to an activating group) is 1. The summed E-state index contributed by atoms with van der Waals surface area (Å²) < 4.78 is 0. The van der Waals surface area contributed by atoms with Crippen molar-refractivity contribution in [3.8, 4) is 0 Å². The maximum absolute atomic E-state index is 6.26. The van der Waals surface area contributed by atoms with Crippen molar-refractivity contribution in [2.75, 3.05) is 13.6 Å². The molecule has 2 nitrogen and oxygen atoms in total. The van der Waals surface area contributed by atoms with Gasteiger partial charge < -0.3 is 5.73 Å². The van der Waals surface area contributed by atoms with Gasteiger partial charge in [0.15, 0.2) is 0 Å². The molecule has 0 radical (unpaired) electrons. The zero-order valence-corrected chi connectivity index (χ0v) is 13.0. The molecule has 0 aromatic heterocycles. The smallest absolute Gasteiger partial charge is 0.0485 e. The topological polar surface area (TPSA) is 29.3 Å². The second-order valence-corrected chi connectivity index (χ2v) is 5.91. The van der Waals surface area contributed by atoms with Gasteiger partial charge in [-0.3, -0.25) is 4.90 Å². The number of hydrogen-bond donors (Lipinski definition) is 1. The van der Waals surface area contributed by atoms with E-state index in [0.717, 1.165) is 10.6 Å². The number of hydrogen-bond acceptors (Lipinski definition) is 2. The van der Waals surface area contributed by atoms with Gasteiger partial charge in [-0.2, -0.15) is 0 Å². The average molecular weight is 289 g/mol. The van der Waals surface area contributed by atoms with Gasteiger partial charge in [0.2, 0.25) is 0 Å². The summed E-state index contributed by atoms with van der Waals surface area (Å²) in [6.45, 7) is 7.13. The number of nitrogens with two attached hydrogens (primary N) is 1. The molecule has 0 aliphatic rings. The van der Waals surface area contributed by atoms with E-state index in [1.165, 1.54) is 0 Å². The molecule has 0 aliphatic heterocycles. The van der Waals surface area contributed by atoms with Crippen LogP contribution in [0.2, 0.25) is 10.0 Å². The summed E-state index contributed by atoms with van der Waals surface area (Å²) in [4.78, 5) is 2.27. The third-order valence-corrected chi connectivity index (χ3v) is 4.22. The summed E-state index contributed by atoms with van der Waals surface area (Å²) in [5, 5.41) is 1.41. The van der Waals surface area contributed by atoms with E-state index in [4.69, 9.17) is 28.9 Å². The minimum Gasteiger partial charge on any atom is -0.329 e. The molecule has 0 amide bonds. The van der Waals surface area contributed by atoms with E-state index in [-0.39, 0.29) is 6.04 Å². The molecule has 2 N–H and O–H groups in total. The molecule has 0 saturated heterocycles. The number of benzene rings is 1. The fourth-order valence-corrected chi connectivity index (χ4v) is 2.46. The molecule has 0 aliphatic carbocycles. The maximum atomic E-state index is 6.26. The maximum Gasteiger partial charge on any atom is 0.0485 e. The highest BCUT2D eigenvalue weighted by atomic mass is 35.5. The standard InChI is InChI=1S/C14H22Cl2N2/c1-9(2)10(3)18(4)14(8-17)12-7-11(15)5-6-13(12)16/h5-7,9-10,14H,8,17H2,1-4H3. The first-order chi connectivity index (χ1) is 8.38. The van der Waals surface area contributed by atoms with Gasteiger partial charge in [0.1, 0.15) is 0 Å². The highest BCUT2D eigenvalue weighted by Gasteiger charge is 2.24. The lowest BCUT2D eigenvalue weighted by Gasteiger charge is -2.35. The number of rotatable bonds is 5. The minimum absolute atomic E-state index is 0.0913. The monoisotopic (exact) mass is 288 g/mol. The lowest BCUT2D eigenvalue weighted by atomic mass is 9.99. The van der Waals surface area contributed by atoms with Crippen molar-refractivity contribution in [3.05, 3.63) is 33.8 Å². The molecule has 102 valence electrons. The molecule has 4 heteroatoms. The van der Waals surface area contributed by atoms with Crippen LogP contribution in [0.15, 0.2) is 18.2 Å². The summed E-state index contributed by atoms with van der Waals surface area (Å²) in [5.41, 5.74) is 6.92. The van der Waals surface area contributed by atoms with Crippen LogP contribution >= 0.6 is 23.2 Å². The highest BCUT2D eigenvalue weighted by Crippen LogP contribution is 2.30. The Morgan fingerprint density at radius 2 is 1.83 bits per heavy atom. The SMILES string of the molecule is CC(C)C(C)N(C)C(CN)c1cc(Cl)ccc1Cl. The summed E-state index contributed by atoms with van der Waals surface area (Å²) in [7, 11) is 2.08. The molecule has 18 heavy (non-hydrogen) atoms. The first kappa shape index (κ1) is 15.8. The van der Waals surface area contributed by atoms with Gasteiger partial charge >= 0.3 is 0 Å². The Kier molecular flexibility index (Phi) is 5.93. The van der Waals surface area contributed by atoms with Gasteiger partial charge in [-0.15, -0.1) is 0 Å². The Labute approximate surface area is 120 Å². The fourth-order valence-electron chi connectivity index (χ4n) is 2.04. The molecular weight excluding hydrogens is 267 g/mol. The van der Waals surface area contributed by atoms with Crippen LogP contribution in [0.1, 0.15) is 32.4 Å². The molecule has 2 atom stereocenters. The van der Waals surface area contributed by atoms with Crippen molar-refractivity contribution in [1.82, 2.24) is 4.90 Å². The van der Waals surface area contributed by atoms with E-state index < -0.39 is 0 Å². The van der Waals surface area contributed by atoms with Gasteiger partial charge in [0, 0.05) is 28.7 Å². The Hall–Kier alpha value is -0.280. The van der Waals surface area contributed by atoms with Gasteiger partial charge in [-0.1, -0.05) is 37.0 Å². The van der Waals surface area contributed by atoms with Crippen LogP contribution in [0.4, 0.5) is 0 Å². The lowest BCUT2D eigenvalue weighted by Crippen LogP contribution is -2.39. The number of nitrogens with zero attached hydrogens (tertiary/aromatic N) is 1. The Balaban J connectivity index is 3.05. The third kappa shape index (κ3) is 3.61. The summed E-state index contributed by atoms with van der Waals surface area (Å²) in [6, 6.07) is 6.05. The Bertz CT molecular complexity index is 393. The molecular formula is C14H22Cl2N2. The van der Waals surface area contributed by atoms with Crippen molar-refractivity contribution in [2.24, 2.45) is 11.7 Å². The van der Waals surface area contributed by atoms with Gasteiger partial charge in [0.25, 0.3) is 0 Å². The molecule has 0 spiro atoms. The Morgan fingerprint density at radius 3 is 2.33 bits per heavy atom. The molecule has 0 bridgehead atoms. The van der Waals surface area contributed by atoms with E-state index in [2.05, 4.69) is 32.7 Å². The fraction of sp³-hybridized carbons (Fsp3) is 0.571. The van der Waals surface area contributed by atoms with Crippen molar-refractivity contribution in [3.63, 3.8) is 0 Å². The third-order valence-electron chi connectivity index (χ3n) is 3.64. The van der Waals surface area contributed by atoms with E-state index in [9.17, 15) is 0 Å². The number of halogens is 2. The van der Waals surface area contributed by atoms with Crippen molar-refractivity contribution >= 4 is 23.2 Å². The highest BCUT2D eigenvalue weighted by molar-refractivity contribution is 6.33. The van der Waals surface area contributed by atoms with Crippen LogP contribution in [-0.4, -0.2) is 24.5 Å². The van der Waals surface area contributed by atoms with Crippen molar-refractivity contribution in [1.29, 1.82) is 0 Å². The molecule has 0 heterocycles. The zero-order chi connectivity index (χ0) is 13.9. The molecule has 2 unspecified atom stereocenters. The quantitative estimate of drug-likeness (QED) is 0.888. The average Bonchev–Trinajstić information content (AvgIpc) is 2.33. The van der Waals surface area contributed by atoms with Crippen LogP contribution < -0.4 is 5.73 Å². The normalized spacial score (nSPS) is 15.2. The molecule has 1 aromatic carbocycles. The zero-order valence-electron chi connectivity index (χ0n) is 11.5. The molecule has 0 saturated carbocycles. The predicted molar refractivity (Wildman–Crippen MR) is 80.3 cm³/mol. The largest absolute Gasteiger partial charge is 0.329 e. The van der Waals surface area contributed by atoms with E-state index in [1.54, 1.807) is 6.07 Å².